The molecule has 2 aliphatic rings. The van der Waals surface area contributed by atoms with Gasteiger partial charge in [0.1, 0.15) is 5.82 Å². The summed E-state index contributed by atoms with van der Waals surface area (Å²) in [6.07, 6.45) is 7.22. The number of benzene rings is 1. The summed E-state index contributed by atoms with van der Waals surface area (Å²) in [7, 11) is 0. The largest absolute Gasteiger partial charge is 0.478 e. The first-order valence-electron chi connectivity index (χ1n) is 7.46. The summed E-state index contributed by atoms with van der Waals surface area (Å²) in [5.41, 5.74) is 0.593. The third-order valence-electron chi connectivity index (χ3n) is 4.75. The highest BCUT2D eigenvalue weighted by molar-refractivity contribution is 5.88. The minimum absolute atomic E-state index is 0.0171. The smallest absolute Gasteiger partial charge is 0.335 e. The van der Waals surface area contributed by atoms with Crippen molar-refractivity contribution in [3.63, 3.8) is 0 Å². The first-order chi connectivity index (χ1) is 9.66. The molecule has 1 aliphatic carbocycles. The van der Waals surface area contributed by atoms with E-state index in [0.29, 0.717) is 17.6 Å². The van der Waals surface area contributed by atoms with Crippen molar-refractivity contribution in [2.45, 2.75) is 44.6 Å². The molecule has 1 heterocycles. The molecule has 1 saturated heterocycles. The Morgan fingerprint density at radius 2 is 1.95 bits per heavy atom. The Labute approximate surface area is 118 Å². The normalized spacial score (nSPS) is 26.1. The van der Waals surface area contributed by atoms with Crippen molar-refractivity contribution < 1.29 is 14.3 Å². The fraction of sp³-hybridized carbons (Fsp3) is 0.562. The van der Waals surface area contributed by atoms with Gasteiger partial charge < -0.3 is 10.0 Å². The molecule has 2 atom stereocenters. The number of rotatable bonds is 2. The van der Waals surface area contributed by atoms with E-state index < -0.39 is 11.8 Å². The number of carbonyl (C=O) groups is 1. The van der Waals surface area contributed by atoms with Crippen LogP contribution in [0, 0.1) is 11.7 Å². The maximum atomic E-state index is 14.2. The molecular formula is C16H20FNO2. The second-order valence-corrected chi connectivity index (χ2v) is 5.92. The zero-order valence-corrected chi connectivity index (χ0v) is 11.5. The van der Waals surface area contributed by atoms with Gasteiger partial charge in [-0.3, -0.25) is 0 Å². The van der Waals surface area contributed by atoms with E-state index in [1.165, 1.54) is 31.7 Å². The first-order valence-corrected chi connectivity index (χ1v) is 7.46. The minimum atomic E-state index is -1.08. The lowest BCUT2D eigenvalue weighted by Crippen LogP contribution is -2.47. The molecule has 20 heavy (non-hydrogen) atoms. The number of fused-ring (bicyclic) bond motifs is 1. The Kier molecular flexibility index (Phi) is 3.64. The monoisotopic (exact) mass is 277 g/mol. The van der Waals surface area contributed by atoms with E-state index in [1.54, 1.807) is 6.07 Å². The molecular weight excluding hydrogens is 257 g/mol. The van der Waals surface area contributed by atoms with Gasteiger partial charge in [-0.2, -0.15) is 0 Å². The summed E-state index contributed by atoms with van der Waals surface area (Å²) >= 11 is 0. The fourth-order valence-electron chi connectivity index (χ4n) is 3.80. The molecule has 1 saturated carbocycles. The molecule has 0 radical (unpaired) electrons. The molecule has 2 unspecified atom stereocenters. The van der Waals surface area contributed by atoms with Crippen LogP contribution >= 0.6 is 0 Å². The van der Waals surface area contributed by atoms with Crippen LogP contribution in [0.1, 0.15) is 48.9 Å². The minimum Gasteiger partial charge on any atom is -0.478 e. The first kappa shape index (κ1) is 13.4. The standard InChI is InChI=1S/C16H20FNO2/c17-13-10-12(16(19)20)7-8-15(13)18-9-3-5-11-4-1-2-6-14(11)18/h7-8,10-11,14H,1-6,9H2,(H,19,20). The van der Waals surface area contributed by atoms with Gasteiger partial charge in [-0.05, 0) is 49.8 Å². The topological polar surface area (TPSA) is 40.5 Å². The van der Waals surface area contributed by atoms with Gasteiger partial charge in [-0.25, -0.2) is 9.18 Å². The number of piperidine rings is 1. The number of anilines is 1. The molecule has 1 N–H and O–H groups in total. The molecule has 0 aromatic heterocycles. The molecule has 1 aromatic rings. The van der Waals surface area contributed by atoms with Crippen molar-refractivity contribution in [2.75, 3.05) is 11.4 Å². The van der Waals surface area contributed by atoms with Crippen LogP contribution in [0.25, 0.3) is 0 Å². The second kappa shape index (κ2) is 5.43. The number of hydrogen-bond donors (Lipinski definition) is 1. The number of aromatic carboxylic acids is 1. The van der Waals surface area contributed by atoms with E-state index >= 15 is 0 Å². The van der Waals surface area contributed by atoms with Gasteiger partial charge in [0.15, 0.2) is 0 Å². The van der Waals surface area contributed by atoms with Gasteiger partial charge >= 0.3 is 5.97 Å². The highest BCUT2D eigenvalue weighted by atomic mass is 19.1. The maximum absolute atomic E-state index is 14.2. The Morgan fingerprint density at radius 1 is 1.20 bits per heavy atom. The van der Waals surface area contributed by atoms with E-state index in [1.807, 2.05) is 0 Å². The summed E-state index contributed by atoms with van der Waals surface area (Å²) < 4.78 is 14.2. The third-order valence-corrected chi connectivity index (χ3v) is 4.75. The highest BCUT2D eigenvalue weighted by Crippen LogP contribution is 2.38. The zero-order valence-electron chi connectivity index (χ0n) is 11.5. The Morgan fingerprint density at radius 3 is 2.70 bits per heavy atom. The molecule has 0 bridgehead atoms. The van der Waals surface area contributed by atoms with Gasteiger partial charge in [-0.15, -0.1) is 0 Å². The molecule has 0 spiro atoms. The average Bonchev–Trinajstić information content (AvgIpc) is 2.46. The predicted molar refractivity (Wildman–Crippen MR) is 75.7 cm³/mol. The van der Waals surface area contributed by atoms with Crippen LogP contribution in [-0.4, -0.2) is 23.7 Å². The summed E-state index contributed by atoms with van der Waals surface area (Å²) in [5, 5.41) is 8.92. The predicted octanol–water partition coefficient (Wildman–Crippen LogP) is 3.68. The summed E-state index contributed by atoms with van der Waals surface area (Å²) in [6, 6.07) is 4.72. The lowest BCUT2D eigenvalue weighted by atomic mass is 9.78. The molecule has 3 nitrogen and oxygen atoms in total. The van der Waals surface area contributed by atoms with Crippen molar-refractivity contribution in [2.24, 2.45) is 5.92 Å². The number of hydrogen-bond acceptors (Lipinski definition) is 2. The molecule has 108 valence electrons. The zero-order chi connectivity index (χ0) is 14.1. The fourth-order valence-corrected chi connectivity index (χ4v) is 3.80. The average molecular weight is 277 g/mol. The molecule has 0 amide bonds. The van der Waals surface area contributed by atoms with Gasteiger partial charge in [0.05, 0.1) is 11.3 Å². The molecule has 2 fully saturated rings. The van der Waals surface area contributed by atoms with Crippen LogP contribution in [0.4, 0.5) is 10.1 Å². The third kappa shape index (κ3) is 2.39. The van der Waals surface area contributed by atoms with Crippen molar-refractivity contribution in [1.29, 1.82) is 0 Å². The highest BCUT2D eigenvalue weighted by Gasteiger charge is 2.34. The van der Waals surface area contributed by atoms with Gasteiger partial charge in [0, 0.05) is 12.6 Å². The van der Waals surface area contributed by atoms with E-state index in [2.05, 4.69) is 4.90 Å². The van der Waals surface area contributed by atoms with Gasteiger partial charge in [0.25, 0.3) is 0 Å². The van der Waals surface area contributed by atoms with Crippen molar-refractivity contribution in [3.05, 3.63) is 29.6 Å². The number of halogens is 1. The van der Waals surface area contributed by atoms with Crippen LogP contribution in [0.3, 0.4) is 0 Å². The lowest BCUT2D eigenvalue weighted by Gasteiger charge is -2.45. The SMILES string of the molecule is O=C(O)c1ccc(N2CCCC3CCCCC32)c(F)c1. The van der Waals surface area contributed by atoms with Crippen LogP contribution in [0.5, 0.6) is 0 Å². The Balaban J connectivity index is 1.89. The van der Waals surface area contributed by atoms with Crippen LogP contribution in [-0.2, 0) is 0 Å². The van der Waals surface area contributed by atoms with Crippen LogP contribution in [0.2, 0.25) is 0 Å². The lowest BCUT2D eigenvalue weighted by molar-refractivity contribution is 0.0696. The maximum Gasteiger partial charge on any atom is 0.335 e. The van der Waals surface area contributed by atoms with E-state index in [9.17, 15) is 9.18 Å². The van der Waals surface area contributed by atoms with Crippen LogP contribution in [0.15, 0.2) is 18.2 Å². The van der Waals surface area contributed by atoms with E-state index in [-0.39, 0.29) is 5.56 Å². The molecule has 3 rings (SSSR count). The Hall–Kier alpha value is -1.58. The van der Waals surface area contributed by atoms with Gasteiger partial charge in [-0.1, -0.05) is 12.8 Å². The summed E-state index contributed by atoms with van der Waals surface area (Å²) in [4.78, 5) is 13.1. The molecule has 1 aliphatic heterocycles. The Bertz CT molecular complexity index is 515. The van der Waals surface area contributed by atoms with Crippen molar-refractivity contribution >= 4 is 11.7 Å². The van der Waals surface area contributed by atoms with E-state index in [4.69, 9.17) is 5.11 Å². The molecule has 4 heteroatoms. The number of nitrogens with zero attached hydrogens (tertiary/aromatic N) is 1. The van der Waals surface area contributed by atoms with Crippen molar-refractivity contribution in [3.8, 4) is 0 Å². The second-order valence-electron chi connectivity index (χ2n) is 5.92. The van der Waals surface area contributed by atoms with Gasteiger partial charge in [0.2, 0.25) is 0 Å². The van der Waals surface area contributed by atoms with E-state index in [0.717, 1.165) is 25.5 Å². The van der Waals surface area contributed by atoms with Crippen LogP contribution < -0.4 is 4.90 Å². The summed E-state index contributed by atoms with van der Waals surface area (Å²) in [5.74, 6) is -0.809. The van der Waals surface area contributed by atoms with Crippen molar-refractivity contribution in [1.82, 2.24) is 0 Å². The number of carboxylic acid groups (broad SMARTS) is 1. The summed E-state index contributed by atoms with van der Waals surface area (Å²) in [6.45, 7) is 0.879. The molecule has 1 aromatic carbocycles. The number of carboxylic acids is 1. The quantitative estimate of drug-likeness (QED) is 0.896.